The van der Waals surface area contributed by atoms with Gasteiger partial charge in [0.2, 0.25) is 5.91 Å². The lowest BCUT2D eigenvalue weighted by Gasteiger charge is -2.35. The zero-order valence-electron chi connectivity index (χ0n) is 19.0. The summed E-state index contributed by atoms with van der Waals surface area (Å²) in [5.41, 5.74) is 0.682. The molecule has 5 unspecified atom stereocenters. The largest absolute Gasteiger partial charge is 0.373 e. The minimum atomic E-state index is -0.343. The highest BCUT2D eigenvalue weighted by Gasteiger charge is 2.47. The Morgan fingerprint density at radius 2 is 1.77 bits per heavy atom. The maximum absolute atomic E-state index is 13.3. The number of likely N-dealkylation sites (tertiary alicyclic amines) is 1. The van der Waals surface area contributed by atoms with Crippen LogP contribution >= 0.6 is 0 Å². The number of nitrogens with zero attached hydrogens (tertiary/aromatic N) is 2. The lowest BCUT2D eigenvalue weighted by molar-refractivity contribution is -0.125. The van der Waals surface area contributed by atoms with Gasteiger partial charge in [-0.25, -0.2) is 0 Å². The number of morpholine rings is 1. The van der Waals surface area contributed by atoms with Gasteiger partial charge in [-0.3, -0.25) is 14.5 Å². The van der Waals surface area contributed by atoms with Crippen molar-refractivity contribution in [3.8, 4) is 0 Å². The van der Waals surface area contributed by atoms with Gasteiger partial charge in [0.05, 0.1) is 12.2 Å². The lowest BCUT2D eigenvalue weighted by atomic mass is 9.84. The highest BCUT2D eigenvalue weighted by atomic mass is 16.5. The van der Waals surface area contributed by atoms with E-state index in [9.17, 15) is 9.59 Å². The summed E-state index contributed by atoms with van der Waals surface area (Å²) in [6.45, 7) is 7.73. The molecule has 2 heterocycles. The van der Waals surface area contributed by atoms with Crippen LogP contribution < -0.4 is 5.32 Å². The van der Waals surface area contributed by atoms with E-state index in [0.717, 1.165) is 51.7 Å². The number of carbonyl (C=O) groups is 2. The van der Waals surface area contributed by atoms with Crippen LogP contribution in [0.2, 0.25) is 0 Å². The summed E-state index contributed by atoms with van der Waals surface area (Å²) in [7, 11) is 0. The van der Waals surface area contributed by atoms with Gasteiger partial charge in [-0.15, -0.1) is 0 Å². The molecule has 1 saturated carbocycles. The van der Waals surface area contributed by atoms with Crippen LogP contribution in [0.5, 0.6) is 0 Å². The molecule has 3 aliphatic rings. The van der Waals surface area contributed by atoms with Crippen LogP contribution in [-0.4, -0.2) is 72.1 Å². The van der Waals surface area contributed by atoms with E-state index in [0.29, 0.717) is 18.0 Å². The standard InChI is InChI=1S/C25H37N3O3/c1-18-16-27(17-19(2)31-18)14-8-13-26-24(29)23-15-21-11-6-7-12-22(21)28(23)25(30)20-9-4-3-5-10-20/h3-5,9-10,18-19,21-23H,6-8,11-17H2,1-2H3,(H,26,29). The molecule has 5 atom stereocenters. The Morgan fingerprint density at radius 1 is 1.06 bits per heavy atom. The van der Waals surface area contributed by atoms with Crippen molar-refractivity contribution >= 4 is 11.8 Å². The SMILES string of the molecule is CC1CN(CCCNC(=O)C2CC3CCCCC3N2C(=O)c2ccccc2)CC(C)O1. The highest BCUT2D eigenvalue weighted by molar-refractivity contribution is 5.98. The fourth-order valence-electron chi connectivity index (χ4n) is 5.82. The van der Waals surface area contributed by atoms with Crippen molar-refractivity contribution in [3.05, 3.63) is 35.9 Å². The van der Waals surface area contributed by atoms with Crippen molar-refractivity contribution in [3.63, 3.8) is 0 Å². The molecule has 6 nitrogen and oxygen atoms in total. The van der Waals surface area contributed by atoms with Gasteiger partial charge in [0.25, 0.3) is 5.91 Å². The summed E-state index contributed by atoms with van der Waals surface area (Å²) in [4.78, 5) is 30.8. The van der Waals surface area contributed by atoms with Gasteiger partial charge < -0.3 is 15.0 Å². The average molecular weight is 428 g/mol. The summed E-state index contributed by atoms with van der Waals surface area (Å²) in [5.74, 6) is 0.474. The molecule has 2 aliphatic heterocycles. The molecule has 0 spiro atoms. The third-order valence-electron chi connectivity index (χ3n) is 7.09. The number of benzene rings is 1. The number of rotatable bonds is 6. The highest BCUT2D eigenvalue weighted by Crippen LogP contribution is 2.40. The zero-order chi connectivity index (χ0) is 21.8. The van der Waals surface area contributed by atoms with Crippen molar-refractivity contribution in [2.75, 3.05) is 26.2 Å². The van der Waals surface area contributed by atoms with Gasteiger partial charge in [0, 0.05) is 37.8 Å². The van der Waals surface area contributed by atoms with Crippen molar-refractivity contribution in [2.24, 2.45) is 5.92 Å². The van der Waals surface area contributed by atoms with Crippen molar-refractivity contribution in [2.45, 2.75) is 76.7 Å². The van der Waals surface area contributed by atoms with E-state index in [1.165, 1.54) is 6.42 Å². The smallest absolute Gasteiger partial charge is 0.254 e. The third kappa shape index (κ3) is 5.29. The molecule has 1 aromatic rings. The normalized spacial score (nSPS) is 31.3. The van der Waals surface area contributed by atoms with Crippen LogP contribution in [0.15, 0.2) is 30.3 Å². The number of ether oxygens (including phenoxy) is 1. The predicted octanol–water partition coefficient (Wildman–Crippen LogP) is 3.08. The van der Waals surface area contributed by atoms with Crippen molar-refractivity contribution in [1.29, 1.82) is 0 Å². The Hall–Kier alpha value is -1.92. The van der Waals surface area contributed by atoms with Gasteiger partial charge >= 0.3 is 0 Å². The number of hydrogen-bond donors (Lipinski definition) is 1. The number of carbonyl (C=O) groups excluding carboxylic acids is 2. The Morgan fingerprint density at radius 3 is 2.52 bits per heavy atom. The topological polar surface area (TPSA) is 61.9 Å². The molecule has 6 heteroatoms. The molecule has 0 bridgehead atoms. The number of amides is 2. The first kappa shape index (κ1) is 22.3. The number of hydrogen-bond acceptors (Lipinski definition) is 4. The number of fused-ring (bicyclic) bond motifs is 1. The molecule has 170 valence electrons. The molecule has 1 aromatic carbocycles. The molecule has 2 saturated heterocycles. The molecule has 0 aromatic heterocycles. The maximum atomic E-state index is 13.3. The second-order valence-electron chi connectivity index (χ2n) is 9.60. The molecule has 31 heavy (non-hydrogen) atoms. The van der Waals surface area contributed by atoms with Gasteiger partial charge in [0.15, 0.2) is 0 Å². The predicted molar refractivity (Wildman–Crippen MR) is 121 cm³/mol. The first-order valence-corrected chi connectivity index (χ1v) is 12.1. The van der Waals surface area contributed by atoms with Gasteiger partial charge in [-0.2, -0.15) is 0 Å². The molecule has 1 aliphatic carbocycles. The third-order valence-corrected chi connectivity index (χ3v) is 7.09. The van der Waals surface area contributed by atoms with Crippen molar-refractivity contribution in [1.82, 2.24) is 15.1 Å². The minimum absolute atomic E-state index is 0.00596. The van der Waals surface area contributed by atoms with Crippen LogP contribution in [-0.2, 0) is 9.53 Å². The van der Waals surface area contributed by atoms with E-state index < -0.39 is 0 Å². The van der Waals surface area contributed by atoms with Gasteiger partial charge in [-0.1, -0.05) is 31.0 Å². The summed E-state index contributed by atoms with van der Waals surface area (Å²) in [6.07, 6.45) is 6.73. The fourth-order valence-corrected chi connectivity index (χ4v) is 5.82. The van der Waals surface area contributed by atoms with E-state index in [1.54, 1.807) is 0 Å². The van der Waals surface area contributed by atoms with Crippen LogP contribution in [0.4, 0.5) is 0 Å². The summed E-state index contributed by atoms with van der Waals surface area (Å²) in [6, 6.07) is 9.28. The molecule has 3 fully saturated rings. The molecule has 1 N–H and O–H groups in total. The van der Waals surface area contributed by atoms with E-state index in [2.05, 4.69) is 24.1 Å². The molecule has 4 rings (SSSR count). The van der Waals surface area contributed by atoms with E-state index in [1.807, 2.05) is 35.2 Å². The molecular weight excluding hydrogens is 390 g/mol. The minimum Gasteiger partial charge on any atom is -0.373 e. The Labute approximate surface area is 186 Å². The summed E-state index contributed by atoms with van der Waals surface area (Å²) >= 11 is 0. The van der Waals surface area contributed by atoms with Crippen LogP contribution in [0.3, 0.4) is 0 Å². The van der Waals surface area contributed by atoms with E-state index in [-0.39, 0.29) is 36.1 Å². The van der Waals surface area contributed by atoms with E-state index >= 15 is 0 Å². The molecule has 2 amide bonds. The first-order valence-electron chi connectivity index (χ1n) is 12.1. The molecular formula is C25H37N3O3. The second-order valence-corrected chi connectivity index (χ2v) is 9.60. The van der Waals surface area contributed by atoms with Crippen LogP contribution in [0, 0.1) is 5.92 Å². The second kappa shape index (κ2) is 10.1. The lowest BCUT2D eigenvalue weighted by Crippen LogP contribution is -2.50. The molecule has 0 radical (unpaired) electrons. The Balaban J connectivity index is 1.34. The van der Waals surface area contributed by atoms with Crippen LogP contribution in [0.1, 0.15) is 62.7 Å². The number of nitrogens with one attached hydrogen (secondary N) is 1. The zero-order valence-corrected chi connectivity index (χ0v) is 19.0. The summed E-state index contributed by atoms with van der Waals surface area (Å²) in [5, 5.41) is 3.14. The van der Waals surface area contributed by atoms with Gasteiger partial charge in [0.1, 0.15) is 6.04 Å². The van der Waals surface area contributed by atoms with Gasteiger partial charge in [-0.05, 0) is 57.6 Å². The Kier molecular flexibility index (Phi) is 7.28. The Bertz CT molecular complexity index is 746. The fraction of sp³-hybridized carbons (Fsp3) is 0.680. The van der Waals surface area contributed by atoms with Crippen LogP contribution in [0.25, 0.3) is 0 Å². The average Bonchev–Trinajstić information content (AvgIpc) is 3.16. The maximum Gasteiger partial charge on any atom is 0.254 e. The quantitative estimate of drug-likeness (QED) is 0.709. The monoisotopic (exact) mass is 427 g/mol. The van der Waals surface area contributed by atoms with Crippen molar-refractivity contribution < 1.29 is 14.3 Å². The first-order chi connectivity index (χ1) is 15.0. The van der Waals surface area contributed by atoms with E-state index in [4.69, 9.17) is 4.74 Å². The summed E-state index contributed by atoms with van der Waals surface area (Å²) < 4.78 is 5.80.